The lowest BCUT2D eigenvalue weighted by Crippen LogP contribution is -2.42. The Hall–Kier alpha value is -0.160. The molecule has 0 aromatic rings. The molecule has 0 saturated carbocycles. The zero-order chi connectivity index (χ0) is 15.1. The summed E-state index contributed by atoms with van der Waals surface area (Å²) in [7, 11) is 0. The minimum Gasteiger partial charge on any atom is -0.381 e. The first-order valence-corrected chi connectivity index (χ1v) is 8.05. The first-order valence-electron chi connectivity index (χ1n) is 8.05. The molecule has 0 aliphatic heterocycles. The molecular formula is C16H34O4. The standard InChI is InChI=1S/C16H34O4/c1-5-9-18-13-16(12-17-8-4,14-19-10-6-2)15-20-11-7-3/h5-15H2,1-4H3. The molecule has 0 aliphatic rings. The van der Waals surface area contributed by atoms with Crippen LogP contribution in [0.3, 0.4) is 0 Å². The number of rotatable bonds is 15. The monoisotopic (exact) mass is 290 g/mol. The highest BCUT2D eigenvalue weighted by Crippen LogP contribution is 2.21. The number of ether oxygens (including phenoxy) is 4. The molecule has 0 amide bonds. The van der Waals surface area contributed by atoms with Crippen molar-refractivity contribution in [3.63, 3.8) is 0 Å². The predicted octanol–water partition coefficient (Wildman–Crippen LogP) is 3.29. The van der Waals surface area contributed by atoms with Crippen LogP contribution in [0.5, 0.6) is 0 Å². The van der Waals surface area contributed by atoms with E-state index in [0.29, 0.717) is 33.0 Å². The Bertz CT molecular complexity index is 170. The Morgan fingerprint density at radius 1 is 0.550 bits per heavy atom. The minimum absolute atomic E-state index is 0.185. The van der Waals surface area contributed by atoms with E-state index in [9.17, 15) is 0 Å². The fraction of sp³-hybridized carbons (Fsp3) is 1.00. The summed E-state index contributed by atoms with van der Waals surface area (Å²) in [6, 6.07) is 0. The molecule has 122 valence electrons. The van der Waals surface area contributed by atoms with Crippen LogP contribution in [0.15, 0.2) is 0 Å². The highest BCUT2D eigenvalue weighted by molar-refractivity contribution is 4.79. The molecule has 4 nitrogen and oxygen atoms in total. The summed E-state index contributed by atoms with van der Waals surface area (Å²) in [5.74, 6) is 0. The van der Waals surface area contributed by atoms with Crippen LogP contribution < -0.4 is 0 Å². The quantitative estimate of drug-likeness (QED) is 0.434. The lowest BCUT2D eigenvalue weighted by Gasteiger charge is -2.32. The maximum absolute atomic E-state index is 5.77. The number of hydrogen-bond acceptors (Lipinski definition) is 4. The van der Waals surface area contributed by atoms with E-state index in [0.717, 1.165) is 39.1 Å². The topological polar surface area (TPSA) is 36.9 Å². The zero-order valence-corrected chi connectivity index (χ0v) is 13.9. The van der Waals surface area contributed by atoms with E-state index < -0.39 is 0 Å². The second-order valence-electron chi connectivity index (χ2n) is 5.29. The molecule has 20 heavy (non-hydrogen) atoms. The Kier molecular flexibility index (Phi) is 13.7. The molecular weight excluding hydrogens is 256 g/mol. The van der Waals surface area contributed by atoms with Crippen LogP contribution in [0.2, 0.25) is 0 Å². The third-order valence-electron chi connectivity index (χ3n) is 2.88. The van der Waals surface area contributed by atoms with Gasteiger partial charge in [-0.2, -0.15) is 0 Å². The first-order chi connectivity index (χ1) is 9.74. The van der Waals surface area contributed by atoms with Gasteiger partial charge in [0.1, 0.15) is 0 Å². The molecule has 0 atom stereocenters. The van der Waals surface area contributed by atoms with Gasteiger partial charge in [0.05, 0.1) is 31.8 Å². The lowest BCUT2D eigenvalue weighted by atomic mass is 9.92. The summed E-state index contributed by atoms with van der Waals surface area (Å²) >= 11 is 0. The second kappa shape index (κ2) is 13.8. The van der Waals surface area contributed by atoms with Crippen molar-refractivity contribution in [1.82, 2.24) is 0 Å². The van der Waals surface area contributed by atoms with Gasteiger partial charge in [0.15, 0.2) is 0 Å². The van der Waals surface area contributed by atoms with Crippen LogP contribution in [0, 0.1) is 5.41 Å². The molecule has 0 bridgehead atoms. The molecule has 0 rings (SSSR count). The van der Waals surface area contributed by atoms with E-state index >= 15 is 0 Å². The summed E-state index contributed by atoms with van der Waals surface area (Å²) in [6.45, 7) is 13.9. The van der Waals surface area contributed by atoms with Crippen molar-refractivity contribution in [2.75, 3.05) is 52.9 Å². The average molecular weight is 290 g/mol. The molecule has 4 heteroatoms. The van der Waals surface area contributed by atoms with Gasteiger partial charge in [-0.3, -0.25) is 0 Å². The largest absolute Gasteiger partial charge is 0.381 e. The Morgan fingerprint density at radius 2 is 0.900 bits per heavy atom. The smallest absolute Gasteiger partial charge is 0.0637 e. The first kappa shape index (κ1) is 19.8. The maximum atomic E-state index is 5.77. The van der Waals surface area contributed by atoms with Crippen LogP contribution in [-0.4, -0.2) is 52.9 Å². The average Bonchev–Trinajstić information content (AvgIpc) is 2.46. The van der Waals surface area contributed by atoms with Gasteiger partial charge in [0.25, 0.3) is 0 Å². The van der Waals surface area contributed by atoms with E-state index in [1.165, 1.54) is 0 Å². The SMILES string of the molecule is CCCOCC(COCC)(COCCC)COCCC. The van der Waals surface area contributed by atoms with Gasteiger partial charge >= 0.3 is 0 Å². The second-order valence-corrected chi connectivity index (χ2v) is 5.29. The highest BCUT2D eigenvalue weighted by atomic mass is 16.5. The third-order valence-corrected chi connectivity index (χ3v) is 2.88. The van der Waals surface area contributed by atoms with Gasteiger partial charge in [-0.15, -0.1) is 0 Å². The summed E-state index contributed by atoms with van der Waals surface area (Å²) < 4.78 is 23.0. The van der Waals surface area contributed by atoms with E-state index in [1.807, 2.05) is 6.92 Å². The van der Waals surface area contributed by atoms with Gasteiger partial charge < -0.3 is 18.9 Å². The molecule has 0 heterocycles. The zero-order valence-electron chi connectivity index (χ0n) is 13.9. The van der Waals surface area contributed by atoms with Crippen molar-refractivity contribution in [1.29, 1.82) is 0 Å². The van der Waals surface area contributed by atoms with Gasteiger partial charge in [-0.05, 0) is 26.2 Å². The fourth-order valence-electron chi connectivity index (χ4n) is 1.87. The molecule has 0 spiro atoms. The predicted molar refractivity (Wildman–Crippen MR) is 82.3 cm³/mol. The van der Waals surface area contributed by atoms with Crippen LogP contribution in [-0.2, 0) is 18.9 Å². The van der Waals surface area contributed by atoms with Crippen LogP contribution >= 0.6 is 0 Å². The van der Waals surface area contributed by atoms with Crippen LogP contribution in [0.25, 0.3) is 0 Å². The molecule has 0 N–H and O–H groups in total. The molecule has 0 radical (unpaired) electrons. The van der Waals surface area contributed by atoms with Crippen molar-refractivity contribution in [3.8, 4) is 0 Å². The molecule has 0 aromatic heterocycles. The molecule has 0 saturated heterocycles. The molecule has 0 fully saturated rings. The summed E-state index contributed by atoms with van der Waals surface area (Å²) in [5, 5.41) is 0. The lowest BCUT2D eigenvalue weighted by molar-refractivity contribution is -0.105. The van der Waals surface area contributed by atoms with Crippen molar-refractivity contribution < 1.29 is 18.9 Å². The van der Waals surface area contributed by atoms with Gasteiger partial charge in [0.2, 0.25) is 0 Å². The van der Waals surface area contributed by atoms with Gasteiger partial charge in [-0.1, -0.05) is 20.8 Å². The molecule has 0 aliphatic carbocycles. The molecule has 0 unspecified atom stereocenters. The third kappa shape index (κ3) is 9.70. The summed E-state index contributed by atoms with van der Waals surface area (Å²) in [6.07, 6.45) is 3.07. The van der Waals surface area contributed by atoms with Crippen molar-refractivity contribution in [2.24, 2.45) is 5.41 Å². The Balaban J connectivity index is 4.48. The fourth-order valence-corrected chi connectivity index (χ4v) is 1.87. The maximum Gasteiger partial charge on any atom is 0.0637 e. The van der Waals surface area contributed by atoms with Crippen molar-refractivity contribution >= 4 is 0 Å². The molecule has 0 aromatic carbocycles. The Morgan fingerprint density at radius 3 is 1.20 bits per heavy atom. The van der Waals surface area contributed by atoms with E-state index in [1.54, 1.807) is 0 Å². The van der Waals surface area contributed by atoms with E-state index in [4.69, 9.17) is 18.9 Å². The summed E-state index contributed by atoms with van der Waals surface area (Å²) in [4.78, 5) is 0. The normalized spacial score (nSPS) is 12.0. The highest BCUT2D eigenvalue weighted by Gasteiger charge is 2.32. The summed E-state index contributed by atoms with van der Waals surface area (Å²) in [5.41, 5.74) is -0.185. The number of hydrogen-bond donors (Lipinski definition) is 0. The van der Waals surface area contributed by atoms with Gasteiger partial charge in [-0.25, -0.2) is 0 Å². The van der Waals surface area contributed by atoms with Crippen molar-refractivity contribution in [2.45, 2.75) is 47.0 Å². The minimum atomic E-state index is -0.185. The van der Waals surface area contributed by atoms with E-state index in [-0.39, 0.29) is 5.41 Å². The van der Waals surface area contributed by atoms with Gasteiger partial charge in [0, 0.05) is 26.4 Å². The van der Waals surface area contributed by atoms with Crippen LogP contribution in [0.1, 0.15) is 47.0 Å². The van der Waals surface area contributed by atoms with Crippen molar-refractivity contribution in [3.05, 3.63) is 0 Å². The van der Waals surface area contributed by atoms with E-state index in [2.05, 4.69) is 20.8 Å². The van der Waals surface area contributed by atoms with Crippen LogP contribution in [0.4, 0.5) is 0 Å². The Labute approximate surface area is 125 Å².